The maximum atomic E-state index is 12.9. The molecule has 19 heavy (non-hydrogen) atoms. The first-order valence-corrected chi connectivity index (χ1v) is 7.16. The van der Waals surface area contributed by atoms with E-state index in [1.54, 1.807) is 6.07 Å². The van der Waals surface area contributed by atoms with Crippen molar-refractivity contribution in [3.05, 3.63) is 68.9 Å². The SMILES string of the molecule is C[C@H](NCc1ccc(F)cc1Cl)c1ccc(Br)cc1. The van der Waals surface area contributed by atoms with Gasteiger partial charge in [0, 0.05) is 22.1 Å². The van der Waals surface area contributed by atoms with Gasteiger partial charge in [-0.2, -0.15) is 0 Å². The third-order valence-corrected chi connectivity index (χ3v) is 3.86. The zero-order valence-electron chi connectivity index (χ0n) is 10.5. The third kappa shape index (κ3) is 4.03. The van der Waals surface area contributed by atoms with Gasteiger partial charge in [-0.3, -0.25) is 0 Å². The molecule has 0 radical (unpaired) electrons. The van der Waals surface area contributed by atoms with E-state index in [1.807, 2.05) is 12.1 Å². The second-order valence-corrected chi connectivity index (χ2v) is 5.71. The predicted octanol–water partition coefficient (Wildman–Crippen LogP) is 5.09. The summed E-state index contributed by atoms with van der Waals surface area (Å²) in [5, 5.41) is 3.83. The minimum Gasteiger partial charge on any atom is -0.306 e. The lowest BCUT2D eigenvalue weighted by Crippen LogP contribution is -2.18. The molecule has 0 aliphatic rings. The predicted molar refractivity (Wildman–Crippen MR) is 80.8 cm³/mol. The highest BCUT2D eigenvalue weighted by atomic mass is 79.9. The Hall–Kier alpha value is -0.900. The van der Waals surface area contributed by atoms with E-state index in [0.717, 1.165) is 10.0 Å². The van der Waals surface area contributed by atoms with Gasteiger partial charge in [0.2, 0.25) is 0 Å². The van der Waals surface area contributed by atoms with Crippen LogP contribution in [0.4, 0.5) is 4.39 Å². The third-order valence-electron chi connectivity index (χ3n) is 2.98. The smallest absolute Gasteiger partial charge is 0.124 e. The molecule has 100 valence electrons. The van der Waals surface area contributed by atoms with Crippen molar-refractivity contribution in [3.63, 3.8) is 0 Å². The van der Waals surface area contributed by atoms with Gasteiger partial charge in [0.15, 0.2) is 0 Å². The van der Waals surface area contributed by atoms with Gasteiger partial charge in [-0.05, 0) is 42.3 Å². The lowest BCUT2D eigenvalue weighted by molar-refractivity contribution is 0.573. The summed E-state index contributed by atoms with van der Waals surface area (Å²) in [5.74, 6) is -0.310. The van der Waals surface area contributed by atoms with Crippen LogP contribution in [0.25, 0.3) is 0 Å². The van der Waals surface area contributed by atoms with Gasteiger partial charge >= 0.3 is 0 Å². The van der Waals surface area contributed by atoms with Crippen molar-refractivity contribution >= 4 is 27.5 Å². The standard InChI is InChI=1S/C15H14BrClFN/c1-10(11-2-5-13(16)6-3-11)19-9-12-4-7-14(18)8-15(12)17/h2-8,10,19H,9H2,1H3/t10-/m0/s1. The molecule has 0 saturated carbocycles. The molecule has 0 bridgehead atoms. The number of rotatable bonds is 4. The molecule has 0 aliphatic heterocycles. The molecule has 2 aromatic carbocycles. The Bertz CT molecular complexity index is 557. The maximum Gasteiger partial charge on any atom is 0.124 e. The zero-order chi connectivity index (χ0) is 13.8. The highest BCUT2D eigenvalue weighted by Gasteiger charge is 2.07. The Balaban J connectivity index is 2.00. The second-order valence-electron chi connectivity index (χ2n) is 4.39. The van der Waals surface area contributed by atoms with Crippen molar-refractivity contribution in [2.45, 2.75) is 19.5 Å². The van der Waals surface area contributed by atoms with Crippen LogP contribution >= 0.6 is 27.5 Å². The van der Waals surface area contributed by atoms with Crippen LogP contribution in [0.2, 0.25) is 5.02 Å². The van der Waals surface area contributed by atoms with E-state index in [9.17, 15) is 4.39 Å². The van der Waals surface area contributed by atoms with Crippen LogP contribution < -0.4 is 5.32 Å². The number of hydrogen-bond acceptors (Lipinski definition) is 1. The van der Waals surface area contributed by atoms with Gasteiger partial charge in [0.1, 0.15) is 5.82 Å². The van der Waals surface area contributed by atoms with Gasteiger partial charge in [-0.15, -0.1) is 0 Å². The first kappa shape index (κ1) is 14.5. The molecule has 2 rings (SSSR count). The summed E-state index contributed by atoms with van der Waals surface area (Å²) < 4.78 is 14.0. The van der Waals surface area contributed by atoms with Crippen LogP contribution in [0.15, 0.2) is 46.9 Å². The Morgan fingerprint density at radius 3 is 2.53 bits per heavy atom. The molecule has 0 aromatic heterocycles. The van der Waals surface area contributed by atoms with Crippen molar-refractivity contribution in [1.82, 2.24) is 5.32 Å². The Morgan fingerprint density at radius 1 is 1.21 bits per heavy atom. The molecule has 0 spiro atoms. The molecule has 0 heterocycles. The fourth-order valence-corrected chi connectivity index (χ4v) is 2.30. The molecule has 1 N–H and O–H groups in total. The fourth-order valence-electron chi connectivity index (χ4n) is 1.80. The van der Waals surface area contributed by atoms with Crippen molar-refractivity contribution < 1.29 is 4.39 Å². The van der Waals surface area contributed by atoms with Crippen LogP contribution in [0.1, 0.15) is 24.1 Å². The molecule has 4 heteroatoms. The van der Waals surface area contributed by atoms with E-state index >= 15 is 0 Å². The minimum absolute atomic E-state index is 0.203. The average molecular weight is 343 g/mol. The lowest BCUT2D eigenvalue weighted by Gasteiger charge is -2.15. The van der Waals surface area contributed by atoms with E-state index in [1.165, 1.54) is 17.7 Å². The largest absolute Gasteiger partial charge is 0.306 e. The summed E-state index contributed by atoms with van der Waals surface area (Å²) in [6, 6.07) is 12.8. The van der Waals surface area contributed by atoms with Gasteiger partial charge in [-0.1, -0.05) is 45.7 Å². The maximum absolute atomic E-state index is 12.9. The quantitative estimate of drug-likeness (QED) is 0.816. The van der Waals surface area contributed by atoms with Gasteiger partial charge in [0.25, 0.3) is 0 Å². The number of benzene rings is 2. The van der Waals surface area contributed by atoms with Crippen molar-refractivity contribution in [2.24, 2.45) is 0 Å². The Morgan fingerprint density at radius 2 is 1.89 bits per heavy atom. The summed E-state index contributed by atoms with van der Waals surface area (Å²) in [6.45, 7) is 2.69. The summed E-state index contributed by atoms with van der Waals surface area (Å²) >= 11 is 9.41. The molecule has 2 aromatic rings. The molecule has 0 fully saturated rings. The number of nitrogens with one attached hydrogen (secondary N) is 1. The van der Waals surface area contributed by atoms with E-state index in [0.29, 0.717) is 11.6 Å². The van der Waals surface area contributed by atoms with E-state index in [2.05, 4.69) is 40.3 Å². The van der Waals surface area contributed by atoms with Crippen molar-refractivity contribution in [2.75, 3.05) is 0 Å². The summed E-state index contributed by atoms with van der Waals surface area (Å²) in [4.78, 5) is 0. The number of halogens is 3. The molecule has 0 saturated heterocycles. The van der Waals surface area contributed by atoms with Crippen LogP contribution in [0.3, 0.4) is 0 Å². The first-order chi connectivity index (χ1) is 9.06. The van der Waals surface area contributed by atoms with E-state index < -0.39 is 0 Å². The van der Waals surface area contributed by atoms with Crippen LogP contribution in [0, 0.1) is 5.82 Å². The van der Waals surface area contributed by atoms with Crippen LogP contribution in [0.5, 0.6) is 0 Å². The summed E-state index contributed by atoms with van der Waals surface area (Å²) in [5.41, 5.74) is 2.09. The highest BCUT2D eigenvalue weighted by molar-refractivity contribution is 9.10. The van der Waals surface area contributed by atoms with Crippen molar-refractivity contribution in [1.29, 1.82) is 0 Å². The zero-order valence-corrected chi connectivity index (χ0v) is 12.8. The van der Waals surface area contributed by atoms with Gasteiger partial charge in [0.05, 0.1) is 0 Å². The topological polar surface area (TPSA) is 12.0 Å². The molecule has 0 aliphatic carbocycles. The molecule has 0 unspecified atom stereocenters. The summed E-state index contributed by atoms with van der Waals surface area (Å²) in [6.07, 6.45) is 0. The summed E-state index contributed by atoms with van der Waals surface area (Å²) in [7, 11) is 0. The van der Waals surface area contributed by atoms with E-state index in [4.69, 9.17) is 11.6 Å². The second kappa shape index (κ2) is 6.51. The van der Waals surface area contributed by atoms with Gasteiger partial charge < -0.3 is 5.32 Å². The minimum atomic E-state index is -0.310. The van der Waals surface area contributed by atoms with E-state index in [-0.39, 0.29) is 11.9 Å². The van der Waals surface area contributed by atoms with Crippen LogP contribution in [-0.4, -0.2) is 0 Å². The fraction of sp³-hybridized carbons (Fsp3) is 0.200. The monoisotopic (exact) mass is 341 g/mol. The molecule has 0 amide bonds. The molecule has 1 nitrogen and oxygen atoms in total. The molecular formula is C15H14BrClFN. The number of hydrogen-bond donors (Lipinski definition) is 1. The highest BCUT2D eigenvalue weighted by Crippen LogP contribution is 2.20. The van der Waals surface area contributed by atoms with Gasteiger partial charge in [-0.25, -0.2) is 4.39 Å². The Labute approximate surface area is 125 Å². The van der Waals surface area contributed by atoms with Crippen molar-refractivity contribution in [3.8, 4) is 0 Å². The molecule has 1 atom stereocenters. The Kier molecular flexibility index (Phi) is 4.97. The average Bonchev–Trinajstić information content (AvgIpc) is 2.38. The molecular weight excluding hydrogens is 329 g/mol. The lowest BCUT2D eigenvalue weighted by atomic mass is 10.1. The first-order valence-electron chi connectivity index (χ1n) is 5.99. The van der Waals surface area contributed by atoms with Crippen LogP contribution in [-0.2, 0) is 6.54 Å². The normalized spacial score (nSPS) is 12.4.